The van der Waals surface area contributed by atoms with E-state index in [0.29, 0.717) is 25.2 Å². The Hall–Kier alpha value is -3.35. The standard InChI is InChI=1S/C22H25N3O4/c1-16(24-21(28)29-15-18-10-6-3-7-11-18)19-23-13-12-22(25-19,20(26)27)14-17-8-4-2-5-9-17/h2-11,16H,12-15H2,1H3,(H,23,25)(H,24,28)(H,26,27)/t16-,22-/m0/s1. The number of hydrogen-bond acceptors (Lipinski definition) is 5. The minimum atomic E-state index is -1.16. The van der Waals surface area contributed by atoms with Crippen molar-refractivity contribution < 1.29 is 19.4 Å². The number of carboxylic acids is 1. The molecule has 0 bridgehead atoms. The Balaban J connectivity index is 1.61. The van der Waals surface area contributed by atoms with Crippen molar-refractivity contribution in [3.63, 3.8) is 0 Å². The molecule has 0 unspecified atom stereocenters. The molecule has 7 heteroatoms. The number of ether oxygens (including phenoxy) is 1. The van der Waals surface area contributed by atoms with E-state index in [1.165, 1.54) is 0 Å². The molecule has 1 aliphatic heterocycles. The van der Waals surface area contributed by atoms with Crippen LogP contribution in [0, 0.1) is 0 Å². The number of amides is 1. The predicted octanol–water partition coefficient (Wildman–Crippen LogP) is 2.76. The monoisotopic (exact) mass is 395 g/mol. The highest BCUT2D eigenvalue weighted by molar-refractivity contribution is 5.95. The summed E-state index contributed by atoms with van der Waals surface area (Å²) in [6.07, 6.45) is 0.111. The van der Waals surface area contributed by atoms with Crippen LogP contribution < -0.4 is 10.6 Å². The fourth-order valence-corrected chi connectivity index (χ4v) is 3.28. The number of nitrogens with zero attached hydrogens (tertiary/aromatic N) is 1. The molecule has 29 heavy (non-hydrogen) atoms. The van der Waals surface area contributed by atoms with Crippen molar-refractivity contribution in [1.82, 2.24) is 10.6 Å². The van der Waals surface area contributed by atoms with Crippen LogP contribution in [-0.4, -0.2) is 41.1 Å². The fraction of sp³-hybridized carbons (Fsp3) is 0.318. The Morgan fingerprint density at radius 2 is 1.76 bits per heavy atom. The quantitative estimate of drug-likeness (QED) is 0.669. The summed E-state index contributed by atoms with van der Waals surface area (Å²) in [6, 6.07) is 18.3. The molecule has 152 valence electrons. The zero-order chi connectivity index (χ0) is 20.7. The molecule has 2 atom stereocenters. The van der Waals surface area contributed by atoms with Crippen LogP contribution in [0.5, 0.6) is 0 Å². The van der Waals surface area contributed by atoms with Crippen molar-refractivity contribution in [3.8, 4) is 0 Å². The van der Waals surface area contributed by atoms with Crippen LogP contribution in [-0.2, 0) is 22.6 Å². The number of carboxylic acid groups (broad SMARTS) is 1. The number of nitrogens with one attached hydrogen (secondary N) is 2. The van der Waals surface area contributed by atoms with E-state index >= 15 is 0 Å². The topological polar surface area (TPSA) is 100 Å². The SMILES string of the molecule is C[C@H](NC(=O)OCc1ccccc1)C1=NCC[C@](Cc2ccccc2)(C(=O)O)N1. The Bertz CT molecular complexity index is 870. The molecular weight excluding hydrogens is 370 g/mol. The Morgan fingerprint density at radius 3 is 2.38 bits per heavy atom. The molecule has 0 aromatic heterocycles. The van der Waals surface area contributed by atoms with Crippen molar-refractivity contribution in [2.45, 2.75) is 38.0 Å². The number of aliphatic carboxylic acids is 1. The van der Waals surface area contributed by atoms with Crippen LogP contribution in [0.4, 0.5) is 4.79 Å². The number of carbonyl (C=O) groups excluding carboxylic acids is 1. The minimum Gasteiger partial charge on any atom is -0.479 e. The third kappa shape index (κ3) is 5.34. The number of alkyl carbamates (subject to hydrolysis) is 1. The molecule has 2 aromatic rings. The third-order valence-electron chi connectivity index (χ3n) is 4.90. The summed E-state index contributed by atoms with van der Waals surface area (Å²) in [5.41, 5.74) is 0.644. The average molecular weight is 395 g/mol. The van der Waals surface area contributed by atoms with Gasteiger partial charge in [0.1, 0.15) is 18.0 Å². The Kier molecular flexibility index (Phi) is 6.49. The predicted molar refractivity (Wildman–Crippen MR) is 110 cm³/mol. The molecular formula is C22H25N3O4. The van der Waals surface area contributed by atoms with Gasteiger partial charge in [-0.15, -0.1) is 0 Å². The fourth-order valence-electron chi connectivity index (χ4n) is 3.28. The second-order valence-corrected chi connectivity index (χ2v) is 7.12. The summed E-state index contributed by atoms with van der Waals surface area (Å²) >= 11 is 0. The summed E-state index contributed by atoms with van der Waals surface area (Å²) in [5, 5.41) is 15.7. The summed E-state index contributed by atoms with van der Waals surface area (Å²) in [4.78, 5) is 28.6. The molecule has 1 amide bonds. The van der Waals surface area contributed by atoms with Crippen LogP contribution in [0.25, 0.3) is 0 Å². The van der Waals surface area contributed by atoms with Crippen LogP contribution in [0.3, 0.4) is 0 Å². The summed E-state index contributed by atoms with van der Waals surface area (Å²) in [5.74, 6) is -0.501. The van der Waals surface area contributed by atoms with Crippen molar-refractivity contribution in [2.75, 3.05) is 6.54 Å². The second-order valence-electron chi connectivity index (χ2n) is 7.12. The molecule has 3 N–H and O–H groups in total. The smallest absolute Gasteiger partial charge is 0.408 e. The molecule has 1 heterocycles. The van der Waals surface area contributed by atoms with Gasteiger partial charge in [0.25, 0.3) is 0 Å². The van der Waals surface area contributed by atoms with Gasteiger partial charge in [0.05, 0.1) is 6.04 Å². The lowest BCUT2D eigenvalue weighted by atomic mass is 9.86. The van der Waals surface area contributed by atoms with E-state index in [9.17, 15) is 14.7 Å². The van der Waals surface area contributed by atoms with Crippen molar-refractivity contribution in [2.24, 2.45) is 4.99 Å². The van der Waals surface area contributed by atoms with E-state index in [1.54, 1.807) is 6.92 Å². The van der Waals surface area contributed by atoms with E-state index in [1.807, 2.05) is 60.7 Å². The zero-order valence-electron chi connectivity index (χ0n) is 16.3. The van der Waals surface area contributed by atoms with Crippen molar-refractivity contribution in [3.05, 3.63) is 71.8 Å². The first-order chi connectivity index (χ1) is 14.0. The van der Waals surface area contributed by atoms with Gasteiger partial charge in [-0.2, -0.15) is 0 Å². The van der Waals surface area contributed by atoms with E-state index in [4.69, 9.17) is 4.74 Å². The van der Waals surface area contributed by atoms with Crippen LogP contribution in [0.2, 0.25) is 0 Å². The highest BCUT2D eigenvalue weighted by Crippen LogP contribution is 2.22. The van der Waals surface area contributed by atoms with E-state index < -0.39 is 23.6 Å². The van der Waals surface area contributed by atoms with E-state index in [-0.39, 0.29) is 6.61 Å². The highest BCUT2D eigenvalue weighted by atomic mass is 16.5. The number of aliphatic imine (C=N–C) groups is 1. The molecule has 0 fully saturated rings. The molecule has 2 aromatic carbocycles. The van der Waals surface area contributed by atoms with Crippen molar-refractivity contribution >= 4 is 17.9 Å². The average Bonchev–Trinajstić information content (AvgIpc) is 2.74. The first-order valence-electron chi connectivity index (χ1n) is 9.55. The number of amidine groups is 1. The van der Waals surface area contributed by atoms with Crippen molar-refractivity contribution in [1.29, 1.82) is 0 Å². The highest BCUT2D eigenvalue weighted by Gasteiger charge is 2.42. The van der Waals surface area contributed by atoms with Gasteiger partial charge in [-0.05, 0) is 18.1 Å². The van der Waals surface area contributed by atoms with E-state index in [0.717, 1.165) is 11.1 Å². The molecule has 3 rings (SSSR count). The summed E-state index contributed by atoms with van der Waals surface area (Å²) in [7, 11) is 0. The molecule has 0 radical (unpaired) electrons. The van der Waals surface area contributed by atoms with Gasteiger partial charge in [0, 0.05) is 19.4 Å². The molecule has 0 spiro atoms. The van der Waals surface area contributed by atoms with Crippen LogP contribution in [0.1, 0.15) is 24.5 Å². The van der Waals surface area contributed by atoms with Gasteiger partial charge in [0.2, 0.25) is 0 Å². The van der Waals surface area contributed by atoms with Gasteiger partial charge < -0.3 is 20.5 Å². The van der Waals surface area contributed by atoms with E-state index in [2.05, 4.69) is 15.6 Å². The first-order valence-corrected chi connectivity index (χ1v) is 9.55. The molecule has 0 saturated heterocycles. The largest absolute Gasteiger partial charge is 0.479 e. The maximum Gasteiger partial charge on any atom is 0.408 e. The lowest BCUT2D eigenvalue weighted by Gasteiger charge is -2.36. The summed E-state index contributed by atoms with van der Waals surface area (Å²) in [6.45, 7) is 2.27. The Morgan fingerprint density at radius 1 is 1.14 bits per heavy atom. The summed E-state index contributed by atoms with van der Waals surface area (Å²) < 4.78 is 5.24. The van der Waals surface area contributed by atoms with Crippen LogP contribution >= 0.6 is 0 Å². The van der Waals surface area contributed by atoms with Gasteiger partial charge in [-0.1, -0.05) is 60.7 Å². The maximum absolute atomic E-state index is 12.1. The number of benzene rings is 2. The Labute approximate surface area is 169 Å². The number of carbonyl (C=O) groups is 2. The van der Waals surface area contributed by atoms with Crippen LogP contribution in [0.15, 0.2) is 65.7 Å². The maximum atomic E-state index is 12.1. The lowest BCUT2D eigenvalue weighted by Crippen LogP contribution is -2.62. The van der Waals surface area contributed by atoms with Gasteiger partial charge >= 0.3 is 12.1 Å². The second kappa shape index (κ2) is 9.23. The first kappa shape index (κ1) is 20.4. The minimum absolute atomic E-state index is 0.159. The normalized spacial score (nSPS) is 19.4. The van der Waals surface area contributed by atoms with Gasteiger partial charge in [-0.25, -0.2) is 9.59 Å². The van der Waals surface area contributed by atoms with Gasteiger partial charge in [0.15, 0.2) is 0 Å². The molecule has 0 saturated carbocycles. The zero-order valence-corrected chi connectivity index (χ0v) is 16.3. The third-order valence-corrected chi connectivity index (χ3v) is 4.90. The number of rotatable bonds is 7. The molecule has 1 aliphatic rings. The lowest BCUT2D eigenvalue weighted by molar-refractivity contribution is -0.144. The number of hydrogen-bond donors (Lipinski definition) is 3. The van der Waals surface area contributed by atoms with Gasteiger partial charge in [-0.3, -0.25) is 4.99 Å². The molecule has 0 aliphatic carbocycles. The molecule has 7 nitrogen and oxygen atoms in total.